The largest absolute Gasteiger partial charge is 0.459 e. The molecule has 1 saturated carbocycles. The third-order valence-electron chi connectivity index (χ3n) is 11.8. The van der Waals surface area contributed by atoms with Crippen LogP contribution in [0.4, 0.5) is 4.39 Å². The van der Waals surface area contributed by atoms with Crippen molar-refractivity contribution in [3.63, 3.8) is 0 Å². The maximum Gasteiger partial charge on any atom is 0.303 e. The molecule has 3 saturated heterocycles. The highest BCUT2D eigenvalue weighted by molar-refractivity contribution is 5.68. The summed E-state index contributed by atoms with van der Waals surface area (Å²) in [4.78, 5) is 64.8. The van der Waals surface area contributed by atoms with E-state index in [0.29, 0.717) is 5.56 Å². The molecule has 5 rings (SSSR count). The van der Waals surface area contributed by atoms with Crippen molar-refractivity contribution in [3.05, 3.63) is 88.1 Å². The van der Waals surface area contributed by atoms with E-state index in [1.54, 1.807) is 37.3 Å². The van der Waals surface area contributed by atoms with E-state index in [4.69, 9.17) is 57.6 Å². The second kappa shape index (κ2) is 26.5. The lowest BCUT2D eigenvalue weighted by molar-refractivity contribution is -0.324. The van der Waals surface area contributed by atoms with Crippen molar-refractivity contribution in [1.82, 2.24) is 0 Å². The monoisotopic (exact) mass is 1000 g/mol. The maximum atomic E-state index is 16.7. The number of carbonyl (C=O) groups is 4. The molecule has 384 valence electrons. The van der Waals surface area contributed by atoms with Crippen molar-refractivity contribution in [3.8, 4) is 0 Å². The SMILES string of the molecule is CC[C@H]1O[C@@H](O[C@@H]2[C@@H](OC(C)=O)[C@H](N=[N+]=[N-])C[C@H](N=[N+]=[N-])[C@H]2O[C@H]2O[C@H](CN=[N+]=[N-])[C@@H](C)[C@H](F)[C@H]2OCc2ccccc2)[C@H](OC(C)=O)[C@@H]1O[C@H]1O[C@@H](CN=[N+]=[N-])[C@@H](OC(C)=O)[C@H](OC(C)=O)[C@H]1N=[N+]=[N-]. The van der Waals surface area contributed by atoms with Crippen LogP contribution in [0.15, 0.2) is 55.9 Å². The topological polar surface area (TPSA) is 414 Å². The Morgan fingerprint density at radius 1 is 0.592 bits per heavy atom. The number of rotatable bonds is 21. The summed E-state index contributed by atoms with van der Waals surface area (Å²) in [5.74, 6) is -4.53. The number of carbonyl (C=O) groups excluding carboxylic acids is 4. The predicted molar refractivity (Wildman–Crippen MR) is 234 cm³/mol. The highest BCUT2D eigenvalue weighted by Crippen LogP contribution is 2.41. The summed E-state index contributed by atoms with van der Waals surface area (Å²) in [6.07, 6.45) is -23.6. The molecule has 30 nitrogen and oxygen atoms in total. The average Bonchev–Trinajstić information content (AvgIpc) is 3.64. The predicted octanol–water partition coefficient (Wildman–Crippen LogP) is 6.07. The molecular formula is C40H52FN15O15. The number of hydrogen-bond acceptors (Lipinski definition) is 20. The van der Waals surface area contributed by atoms with Gasteiger partial charge < -0.3 is 52.1 Å². The Labute approximate surface area is 403 Å². The standard InChI is InChI=1S/C40H52FN15O15/c1-7-25-32(70-38-29(51-56-46)35(64-20(5)59)33(63-19(4)58)27(68-38)15-48-53-43)37(65-21(6)60)40(66-25)71-36-30(62-18(3)57)23(49-54-44)13-24(50-55-45)31(36)69-39-34(61-16-22-11-9-8-10-12-22)28(41)17(2)26(67-39)14-47-52-42/h8-12,17,23-40H,7,13-16H2,1-6H3/t17-,23-,24+,25-,26-,27+,28+,29-,30+,31-,32-,33-,34-,35-,36-,37-,38-,39-,40+/m1/s1. The van der Waals surface area contributed by atoms with Crippen molar-refractivity contribution in [2.24, 2.45) is 31.5 Å². The minimum absolute atomic E-state index is 0.0620. The number of azide groups is 5. The van der Waals surface area contributed by atoms with E-state index >= 15 is 4.39 Å². The summed E-state index contributed by atoms with van der Waals surface area (Å²) in [7, 11) is 0. The van der Waals surface area contributed by atoms with Crippen LogP contribution in [-0.2, 0) is 77.9 Å². The molecule has 4 fully saturated rings. The maximum absolute atomic E-state index is 16.7. The van der Waals surface area contributed by atoms with Gasteiger partial charge in [0.05, 0.1) is 50.1 Å². The molecule has 3 heterocycles. The van der Waals surface area contributed by atoms with E-state index in [9.17, 15) is 41.3 Å². The van der Waals surface area contributed by atoms with E-state index in [0.717, 1.165) is 27.7 Å². The third-order valence-corrected chi connectivity index (χ3v) is 11.8. The first-order valence-corrected chi connectivity index (χ1v) is 22.1. The van der Waals surface area contributed by atoms with Crippen molar-refractivity contribution in [1.29, 1.82) is 0 Å². The lowest BCUT2D eigenvalue weighted by Gasteiger charge is -2.48. The normalized spacial score (nSPS) is 35.3. The van der Waals surface area contributed by atoms with Crippen molar-refractivity contribution < 1.29 is 75.7 Å². The van der Waals surface area contributed by atoms with E-state index in [1.165, 1.54) is 6.92 Å². The molecule has 0 unspecified atom stereocenters. The van der Waals surface area contributed by atoms with Crippen LogP contribution >= 0.6 is 0 Å². The summed E-state index contributed by atoms with van der Waals surface area (Å²) in [5.41, 5.74) is 48.2. The summed E-state index contributed by atoms with van der Waals surface area (Å²) in [6.45, 7) is 6.33. The van der Waals surface area contributed by atoms with Gasteiger partial charge in [-0.3, -0.25) is 19.2 Å². The molecule has 0 amide bonds. The molecule has 0 aromatic heterocycles. The van der Waals surface area contributed by atoms with Gasteiger partial charge in [-0.15, -0.1) is 0 Å². The Bertz CT molecular complexity index is 2280. The number of nitrogens with zero attached hydrogens (tertiary/aromatic N) is 15. The number of ether oxygens (including phenoxy) is 11. The van der Waals surface area contributed by atoms with E-state index in [2.05, 4.69) is 50.1 Å². The van der Waals surface area contributed by atoms with Crippen LogP contribution < -0.4 is 0 Å². The first-order chi connectivity index (χ1) is 34.1. The lowest BCUT2D eigenvalue weighted by Crippen LogP contribution is -2.63. The minimum Gasteiger partial charge on any atom is -0.459 e. The average molecular weight is 1000 g/mol. The van der Waals surface area contributed by atoms with Gasteiger partial charge >= 0.3 is 23.9 Å². The Balaban J connectivity index is 1.60. The second-order valence-corrected chi connectivity index (χ2v) is 16.5. The molecule has 0 bridgehead atoms. The zero-order valence-corrected chi connectivity index (χ0v) is 39.1. The van der Waals surface area contributed by atoms with Gasteiger partial charge in [0.15, 0.2) is 37.2 Å². The zero-order chi connectivity index (χ0) is 51.8. The Hall–Kier alpha value is -6.70. The molecule has 4 aliphatic rings. The molecule has 0 N–H and O–H groups in total. The smallest absolute Gasteiger partial charge is 0.303 e. The van der Waals surface area contributed by atoms with Crippen LogP contribution in [0.2, 0.25) is 0 Å². The van der Waals surface area contributed by atoms with Crippen LogP contribution in [0.25, 0.3) is 52.2 Å². The summed E-state index contributed by atoms with van der Waals surface area (Å²) in [5, 5.41) is 18.6. The minimum atomic E-state index is -1.83. The number of hydrogen-bond donors (Lipinski definition) is 0. The highest BCUT2D eigenvalue weighted by atomic mass is 19.1. The van der Waals surface area contributed by atoms with Gasteiger partial charge in [0.25, 0.3) is 0 Å². The van der Waals surface area contributed by atoms with Crippen LogP contribution in [-0.4, -0.2) is 147 Å². The van der Waals surface area contributed by atoms with E-state index in [-0.39, 0.29) is 26.0 Å². The van der Waals surface area contributed by atoms with Crippen molar-refractivity contribution in [2.75, 3.05) is 13.1 Å². The molecule has 1 aromatic carbocycles. The molecule has 0 spiro atoms. The van der Waals surface area contributed by atoms with Gasteiger partial charge in [-0.1, -0.05) is 69.8 Å². The summed E-state index contributed by atoms with van der Waals surface area (Å²) < 4.78 is 83.6. The van der Waals surface area contributed by atoms with Gasteiger partial charge in [0.1, 0.15) is 42.7 Å². The fraction of sp³-hybridized carbons (Fsp3) is 0.750. The first kappa shape index (κ1) is 55.2. The van der Waals surface area contributed by atoms with Crippen molar-refractivity contribution in [2.45, 2.75) is 171 Å². The number of benzene rings is 1. The van der Waals surface area contributed by atoms with Crippen LogP contribution in [0.5, 0.6) is 0 Å². The van der Waals surface area contributed by atoms with Crippen LogP contribution in [0.3, 0.4) is 0 Å². The van der Waals surface area contributed by atoms with Crippen molar-refractivity contribution >= 4 is 23.9 Å². The molecule has 1 aromatic rings. The van der Waals surface area contributed by atoms with Gasteiger partial charge in [-0.2, -0.15) is 0 Å². The molecule has 1 aliphatic carbocycles. The third kappa shape index (κ3) is 14.2. The quantitative estimate of drug-likeness (QED) is 0.0443. The fourth-order valence-corrected chi connectivity index (χ4v) is 8.75. The van der Waals surface area contributed by atoms with Gasteiger partial charge in [-0.25, -0.2) is 4.39 Å². The van der Waals surface area contributed by atoms with Crippen LogP contribution in [0, 0.1) is 5.92 Å². The summed E-state index contributed by atoms with van der Waals surface area (Å²) in [6, 6.07) is 4.39. The van der Waals surface area contributed by atoms with Gasteiger partial charge in [-0.05, 0) is 46.1 Å². The summed E-state index contributed by atoms with van der Waals surface area (Å²) >= 11 is 0. The highest BCUT2D eigenvalue weighted by Gasteiger charge is 2.58. The van der Waals surface area contributed by atoms with Gasteiger partial charge in [0.2, 0.25) is 0 Å². The van der Waals surface area contributed by atoms with Crippen LogP contribution in [0.1, 0.15) is 59.9 Å². The fourth-order valence-electron chi connectivity index (χ4n) is 8.75. The number of alkyl halides is 1. The number of halogens is 1. The second-order valence-electron chi connectivity index (χ2n) is 16.5. The lowest BCUT2D eigenvalue weighted by atomic mass is 9.83. The molecule has 3 aliphatic heterocycles. The number of esters is 4. The first-order valence-electron chi connectivity index (χ1n) is 22.1. The van der Waals surface area contributed by atoms with E-state index in [1.807, 2.05) is 0 Å². The Morgan fingerprint density at radius 3 is 1.66 bits per heavy atom. The Morgan fingerprint density at radius 2 is 1.08 bits per heavy atom. The van der Waals surface area contributed by atoms with Gasteiger partial charge in [0, 0.05) is 58.2 Å². The molecule has 0 radical (unpaired) electrons. The molecular weight excluding hydrogens is 950 g/mol. The Kier molecular flexibility index (Phi) is 20.6. The molecule has 31 heteroatoms. The molecule has 71 heavy (non-hydrogen) atoms. The zero-order valence-electron chi connectivity index (χ0n) is 39.1. The molecule has 19 atom stereocenters. The van der Waals surface area contributed by atoms with E-state index < -0.39 is 147 Å².